The Bertz CT molecular complexity index is 557. The highest BCUT2D eigenvalue weighted by atomic mass is 16.6. The number of nitrogens with zero attached hydrogens (tertiary/aromatic N) is 2. The number of amides is 2. The standard InChI is InChI=1S/C20H34N2O5/c1-6-26-18(24)16-11-7-8-12-22(16)17(23)15-10-9-13-21(14(15)2)19(25)27-20(3,4)5/h14-16H,6-13H2,1-5H3/t14-,15-,16-/m0/s1. The molecule has 0 aromatic heterocycles. The SMILES string of the molecule is CCOC(=O)[C@@H]1CCCCN1C(=O)[C@H]1CCCN(C(=O)OC(C)(C)C)[C@H]1C. The van der Waals surface area contributed by atoms with Gasteiger partial charge in [-0.2, -0.15) is 0 Å². The fraction of sp³-hybridized carbons (Fsp3) is 0.850. The molecule has 0 bridgehead atoms. The lowest BCUT2D eigenvalue weighted by Crippen LogP contribution is -2.57. The van der Waals surface area contributed by atoms with E-state index in [-0.39, 0.29) is 29.9 Å². The van der Waals surface area contributed by atoms with Crippen LogP contribution in [0.1, 0.15) is 66.7 Å². The van der Waals surface area contributed by atoms with Crippen molar-refractivity contribution in [3.8, 4) is 0 Å². The van der Waals surface area contributed by atoms with Crippen LogP contribution in [0.15, 0.2) is 0 Å². The number of carbonyl (C=O) groups excluding carboxylic acids is 3. The number of hydrogen-bond donors (Lipinski definition) is 0. The normalized spacial score (nSPS) is 26.5. The molecule has 0 N–H and O–H groups in total. The molecule has 0 aromatic carbocycles. The van der Waals surface area contributed by atoms with E-state index in [4.69, 9.17) is 9.47 Å². The van der Waals surface area contributed by atoms with Crippen molar-refractivity contribution in [3.63, 3.8) is 0 Å². The van der Waals surface area contributed by atoms with E-state index in [1.54, 1.807) is 16.7 Å². The van der Waals surface area contributed by atoms with E-state index in [0.717, 1.165) is 19.3 Å². The van der Waals surface area contributed by atoms with Gasteiger partial charge in [-0.3, -0.25) is 4.79 Å². The number of likely N-dealkylation sites (tertiary alicyclic amines) is 2. The minimum atomic E-state index is -0.574. The van der Waals surface area contributed by atoms with Crippen molar-refractivity contribution in [1.29, 1.82) is 0 Å². The molecule has 2 aliphatic rings. The topological polar surface area (TPSA) is 76.2 Å². The van der Waals surface area contributed by atoms with Crippen molar-refractivity contribution in [2.75, 3.05) is 19.7 Å². The molecule has 2 fully saturated rings. The molecule has 2 saturated heterocycles. The zero-order valence-electron chi connectivity index (χ0n) is 17.3. The van der Waals surface area contributed by atoms with Gasteiger partial charge in [0, 0.05) is 19.1 Å². The zero-order valence-corrected chi connectivity index (χ0v) is 17.3. The van der Waals surface area contributed by atoms with Crippen molar-refractivity contribution < 1.29 is 23.9 Å². The Hall–Kier alpha value is -1.79. The second kappa shape index (κ2) is 8.93. The first kappa shape index (κ1) is 21.5. The summed E-state index contributed by atoms with van der Waals surface area (Å²) in [5.41, 5.74) is -0.574. The van der Waals surface area contributed by atoms with Gasteiger partial charge in [0.25, 0.3) is 0 Å². The molecule has 2 aliphatic heterocycles. The monoisotopic (exact) mass is 382 g/mol. The fourth-order valence-corrected chi connectivity index (χ4v) is 3.94. The number of carbonyl (C=O) groups is 3. The first-order valence-corrected chi connectivity index (χ1v) is 10.1. The molecule has 2 amide bonds. The van der Waals surface area contributed by atoms with Crippen LogP contribution in [0, 0.1) is 5.92 Å². The smallest absolute Gasteiger partial charge is 0.410 e. The molecule has 0 radical (unpaired) electrons. The van der Waals surface area contributed by atoms with Gasteiger partial charge in [-0.25, -0.2) is 9.59 Å². The first-order valence-electron chi connectivity index (χ1n) is 10.1. The number of piperidine rings is 2. The average molecular weight is 383 g/mol. The summed E-state index contributed by atoms with van der Waals surface area (Å²) in [5, 5.41) is 0. The van der Waals surface area contributed by atoms with Gasteiger partial charge in [-0.15, -0.1) is 0 Å². The van der Waals surface area contributed by atoms with Crippen molar-refractivity contribution >= 4 is 18.0 Å². The van der Waals surface area contributed by atoms with Crippen LogP contribution in [0.4, 0.5) is 4.79 Å². The third kappa shape index (κ3) is 5.36. The summed E-state index contributed by atoms with van der Waals surface area (Å²) < 4.78 is 10.7. The van der Waals surface area contributed by atoms with E-state index in [2.05, 4.69) is 0 Å². The Labute approximate surface area is 162 Å². The zero-order chi connectivity index (χ0) is 20.2. The summed E-state index contributed by atoms with van der Waals surface area (Å²) >= 11 is 0. The van der Waals surface area contributed by atoms with Crippen LogP contribution in [0.25, 0.3) is 0 Å². The minimum Gasteiger partial charge on any atom is -0.464 e. The number of esters is 1. The number of rotatable bonds is 3. The maximum atomic E-state index is 13.3. The first-order chi connectivity index (χ1) is 12.7. The molecule has 2 rings (SSSR count). The quantitative estimate of drug-likeness (QED) is 0.702. The van der Waals surface area contributed by atoms with Crippen molar-refractivity contribution in [2.24, 2.45) is 5.92 Å². The van der Waals surface area contributed by atoms with Gasteiger partial charge in [0.05, 0.1) is 12.5 Å². The van der Waals surface area contributed by atoms with Gasteiger partial charge in [-0.05, 0) is 66.7 Å². The Kier molecular flexibility index (Phi) is 7.12. The van der Waals surface area contributed by atoms with E-state index in [1.165, 1.54) is 0 Å². The summed E-state index contributed by atoms with van der Waals surface area (Å²) in [6, 6.07) is -0.763. The van der Waals surface area contributed by atoms with Crippen LogP contribution in [0.5, 0.6) is 0 Å². The van der Waals surface area contributed by atoms with Gasteiger partial charge >= 0.3 is 12.1 Å². The summed E-state index contributed by atoms with van der Waals surface area (Å²) in [6.45, 7) is 10.6. The summed E-state index contributed by atoms with van der Waals surface area (Å²) in [5.74, 6) is -0.687. The summed E-state index contributed by atoms with van der Waals surface area (Å²) in [4.78, 5) is 41.4. The predicted molar refractivity (Wildman–Crippen MR) is 101 cm³/mol. The largest absolute Gasteiger partial charge is 0.464 e. The van der Waals surface area contributed by atoms with Crippen LogP contribution in [-0.2, 0) is 19.1 Å². The van der Waals surface area contributed by atoms with E-state index in [0.29, 0.717) is 32.5 Å². The van der Waals surface area contributed by atoms with Crippen LogP contribution in [0.3, 0.4) is 0 Å². The minimum absolute atomic E-state index is 0.0477. The van der Waals surface area contributed by atoms with Crippen LogP contribution >= 0.6 is 0 Å². The van der Waals surface area contributed by atoms with Gasteiger partial charge in [0.2, 0.25) is 5.91 Å². The van der Waals surface area contributed by atoms with Crippen molar-refractivity contribution in [3.05, 3.63) is 0 Å². The van der Waals surface area contributed by atoms with E-state index in [9.17, 15) is 14.4 Å². The molecule has 7 nitrogen and oxygen atoms in total. The highest BCUT2D eigenvalue weighted by Crippen LogP contribution is 2.30. The Morgan fingerprint density at radius 1 is 1.00 bits per heavy atom. The molecule has 0 aromatic rings. The second-order valence-electron chi connectivity index (χ2n) is 8.46. The van der Waals surface area contributed by atoms with Crippen molar-refractivity contribution in [1.82, 2.24) is 9.80 Å². The lowest BCUT2D eigenvalue weighted by molar-refractivity contribution is -0.159. The molecule has 154 valence electrons. The average Bonchev–Trinajstić information content (AvgIpc) is 2.60. The van der Waals surface area contributed by atoms with Gasteiger partial charge in [-0.1, -0.05) is 0 Å². The van der Waals surface area contributed by atoms with Crippen LogP contribution in [0.2, 0.25) is 0 Å². The van der Waals surface area contributed by atoms with Gasteiger partial charge in [0.15, 0.2) is 0 Å². The lowest BCUT2D eigenvalue weighted by Gasteiger charge is -2.43. The Balaban J connectivity index is 2.11. The highest BCUT2D eigenvalue weighted by molar-refractivity contribution is 5.87. The predicted octanol–water partition coefficient (Wildman–Crippen LogP) is 2.97. The molecule has 7 heteroatoms. The van der Waals surface area contributed by atoms with Crippen LogP contribution < -0.4 is 0 Å². The second-order valence-corrected chi connectivity index (χ2v) is 8.46. The van der Waals surface area contributed by atoms with E-state index < -0.39 is 11.6 Å². The van der Waals surface area contributed by atoms with Gasteiger partial charge in [0.1, 0.15) is 11.6 Å². The maximum Gasteiger partial charge on any atom is 0.410 e. The third-order valence-electron chi connectivity index (χ3n) is 5.28. The lowest BCUT2D eigenvalue weighted by atomic mass is 9.87. The third-order valence-corrected chi connectivity index (χ3v) is 5.28. The molecular formula is C20H34N2O5. The molecular weight excluding hydrogens is 348 g/mol. The van der Waals surface area contributed by atoms with Crippen LogP contribution in [-0.4, -0.2) is 65.2 Å². The fourth-order valence-electron chi connectivity index (χ4n) is 3.94. The Morgan fingerprint density at radius 2 is 1.67 bits per heavy atom. The maximum absolute atomic E-state index is 13.3. The number of hydrogen-bond acceptors (Lipinski definition) is 5. The molecule has 0 aliphatic carbocycles. The molecule has 0 saturated carbocycles. The van der Waals surface area contributed by atoms with E-state index in [1.807, 2.05) is 27.7 Å². The molecule has 0 spiro atoms. The van der Waals surface area contributed by atoms with E-state index >= 15 is 0 Å². The summed E-state index contributed by atoms with van der Waals surface area (Å²) in [7, 11) is 0. The molecule has 27 heavy (non-hydrogen) atoms. The molecule has 2 heterocycles. The number of ether oxygens (including phenoxy) is 2. The summed E-state index contributed by atoms with van der Waals surface area (Å²) in [6.07, 6.45) is 3.52. The molecule has 0 unspecified atom stereocenters. The van der Waals surface area contributed by atoms with Gasteiger partial charge < -0.3 is 19.3 Å². The highest BCUT2D eigenvalue weighted by Gasteiger charge is 2.42. The molecule has 3 atom stereocenters. The Morgan fingerprint density at radius 3 is 2.30 bits per heavy atom. The van der Waals surface area contributed by atoms with Crippen molar-refractivity contribution in [2.45, 2.75) is 84.4 Å².